The molecule has 14 heteroatoms. The zero-order valence-corrected chi connectivity index (χ0v) is 21.1. The number of carboxylic acid groups (broad SMARTS) is 1. The first-order valence-corrected chi connectivity index (χ1v) is 13.4. The number of benzene rings is 2. The van der Waals surface area contributed by atoms with E-state index in [0.717, 1.165) is 34.6 Å². The van der Waals surface area contributed by atoms with Gasteiger partial charge < -0.3 is 9.84 Å². The molecule has 1 fully saturated rings. The van der Waals surface area contributed by atoms with Crippen molar-refractivity contribution < 1.29 is 49.4 Å². The molecule has 7 nitrogen and oxygen atoms in total. The fraction of sp³-hybridized carbons (Fsp3) is 0.308. The third-order valence-corrected chi connectivity index (χ3v) is 8.76. The van der Waals surface area contributed by atoms with E-state index in [1.165, 1.54) is 24.3 Å². The predicted octanol–water partition coefficient (Wildman–Crippen LogP) is 5.85. The van der Waals surface area contributed by atoms with Crippen molar-refractivity contribution in [2.75, 3.05) is 10.8 Å². The molecule has 5 rings (SSSR count). The van der Waals surface area contributed by atoms with Crippen LogP contribution in [0.15, 0.2) is 65.6 Å². The zero-order valence-electron chi connectivity index (χ0n) is 20.3. The molecule has 40 heavy (non-hydrogen) atoms. The number of pyridine rings is 1. The van der Waals surface area contributed by atoms with E-state index in [1.807, 2.05) is 0 Å². The summed E-state index contributed by atoms with van der Waals surface area (Å²) in [6.07, 6.45) is -9.90. The molecular weight excluding hydrogens is 566 g/mol. The number of anilines is 1. The average Bonchev–Trinajstić information content (AvgIpc) is 2.86. The Morgan fingerprint density at radius 3 is 2.30 bits per heavy atom. The fourth-order valence-electron chi connectivity index (χ4n) is 4.79. The van der Waals surface area contributed by atoms with Crippen LogP contribution in [0, 0.1) is 11.8 Å². The van der Waals surface area contributed by atoms with E-state index in [9.17, 15) is 44.7 Å². The molecule has 2 aromatic carbocycles. The minimum absolute atomic E-state index is 0.0290. The second-order valence-corrected chi connectivity index (χ2v) is 11.4. The predicted molar refractivity (Wildman–Crippen MR) is 129 cm³/mol. The molecule has 3 aromatic rings. The normalized spacial score (nSPS) is 21.2. The van der Waals surface area contributed by atoms with E-state index in [-0.39, 0.29) is 48.0 Å². The van der Waals surface area contributed by atoms with Crippen LogP contribution in [0.4, 0.5) is 32.0 Å². The van der Waals surface area contributed by atoms with Crippen LogP contribution < -0.4 is 9.04 Å². The lowest BCUT2D eigenvalue weighted by Gasteiger charge is -2.43. The molecule has 0 bridgehead atoms. The van der Waals surface area contributed by atoms with E-state index < -0.39 is 56.5 Å². The van der Waals surface area contributed by atoms with Gasteiger partial charge in [0.1, 0.15) is 17.5 Å². The van der Waals surface area contributed by atoms with Gasteiger partial charge in [0.05, 0.1) is 34.3 Å². The summed E-state index contributed by atoms with van der Waals surface area (Å²) in [5, 5.41) is 9.22. The summed E-state index contributed by atoms with van der Waals surface area (Å²) in [5.41, 5.74) is -2.43. The van der Waals surface area contributed by atoms with Crippen LogP contribution >= 0.6 is 0 Å². The molecule has 0 unspecified atom stereocenters. The second-order valence-electron chi connectivity index (χ2n) is 9.57. The largest absolute Gasteiger partial charge is 0.486 e. The Hall–Kier alpha value is -3.81. The van der Waals surface area contributed by atoms with Gasteiger partial charge in [-0.2, -0.15) is 26.3 Å². The van der Waals surface area contributed by atoms with Crippen molar-refractivity contribution in [2.45, 2.75) is 36.2 Å². The Bertz CT molecular complexity index is 1570. The number of ether oxygens (including phenoxy) is 1. The van der Waals surface area contributed by atoms with Crippen molar-refractivity contribution >= 4 is 21.7 Å². The maximum atomic E-state index is 13.8. The lowest BCUT2D eigenvalue weighted by molar-refractivity contribution is -0.148. The number of rotatable bonds is 5. The summed E-state index contributed by atoms with van der Waals surface area (Å²) < 4.78 is 114. The quantitative estimate of drug-likeness (QED) is 0.377. The highest BCUT2D eigenvalue weighted by Crippen LogP contribution is 2.45. The molecular formula is C26H20F6N2O5S. The Balaban J connectivity index is 1.58. The van der Waals surface area contributed by atoms with E-state index in [4.69, 9.17) is 4.74 Å². The molecule has 1 saturated carbocycles. The summed E-state index contributed by atoms with van der Waals surface area (Å²) in [6.45, 7) is -0.345. The maximum Gasteiger partial charge on any atom is 0.433 e. The molecule has 212 valence electrons. The zero-order chi connectivity index (χ0) is 29.0. The number of halogens is 6. The van der Waals surface area contributed by atoms with Crippen molar-refractivity contribution in [1.82, 2.24) is 4.98 Å². The molecule has 1 N–H and O–H groups in total. The van der Waals surface area contributed by atoms with Gasteiger partial charge in [0.25, 0.3) is 10.0 Å². The molecule has 0 saturated heterocycles. The highest BCUT2D eigenvalue weighted by Gasteiger charge is 2.45. The van der Waals surface area contributed by atoms with Gasteiger partial charge in [-0.05, 0) is 67.3 Å². The SMILES string of the molecule is O=C(O)[C@H]1C[C@H]([C@H]2CN(S(=O)(=O)c3cccc(C(F)(F)F)c3)c3cc(-c4cccc(C(F)(F)F)n4)ccc3O2)C1. The van der Waals surface area contributed by atoms with Crippen LogP contribution in [0.5, 0.6) is 5.75 Å². The van der Waals surface area contributed by atoms with Gasteiger partial charge in [0, 0.05) is 5.56 Å². The van der Waals surface area contributed by atoms with Gasteiger partial charge in [-0.1, -0.05) is 12.1 Å². The number of carbonyl (C=O) groups is 1. The Morgan fingerprint density at radius 1 is 0.950 bits per heavy atom. The molecule has 1 aliphatic carbocycles. The number of carboxylic acids is 1. The van der Waals surface area contributed by atoms with E-state index >= 15 is 0 Å². The first-order valence-electron chi connectivity index (χ1n) is 11.9. The smallest absolute Gasteiger partial charge is 0.433 e. The minimum atomic E-state index is -4.81. The highest BCUT2D eigenvalue weighted by atomic mass is 32.2. The van der Waals surface area contributed by atoms with E-state index in [2.05, 4.69) is 4.98 Å². The summed E-state index contributed by atoms with van der Waals surface area (Å²) in [4.78, 5) is 14.3. The number of hydrogen-bond donors (Lipinski definition) is 1. The number of fused-ring (bicyclic) bond motifs is 1. The molecule has 1 aromatic heterocycles. The molecule has 1 aliphatic heterocycles. The average molecular weight is 587 g/mol. The summed E-state index contributed by atoms with van der Waals surface area (Å²) in [7, 11) is -4.63. The van der Waals surface area contributed by atoms with Gasteiger partial charge in [-0.3, -0.25) is 9.10 Å². The highest BCUT2D eigenvalue weighted by molar-refractivity contribution is 7.92. The first kappa shape index (κ1) is 27.7. The van der Waals surface area contributed by atoms with Crippen LogP contribution in [0.1, 0.15) is 24.1 Å². The molecule has 1 atom stereocenters. The summed E-state index contributed by atoms with van der Waals surface area (Å²) in [6, 6.07) is 10.4. The minimum Gasteiger partial charge on any atom is -0.486 e. The third kappa shape index (κ3) is 5.19. The van der Waals surface area contributed by atoms with Gasteiger partial charge in [-0.25, -0.2) is 13.4 Å². The Labute approximate surface area is 224 Å². The number of nitrogens with zero attached hydrogens (tertiary/aromatic N) is 2. The number of sulfonamides is 1. The number of aliphatic carboxylic acids is 1. The topological polar surface area (TPSA) is 96.8 Å². The van der Waals surface area contributed by atoms with Gasteiger partial charge in [0.2, 0.25) is 0 Å². The van der Waals surface area contributed by atoms with E-state index in [0.29, 0.717) is 6.07 Å². The molecule has 0 amide bonds. The van der Waals surface area contributed by atoms with Crippen molar-refractivity contribution in [3.63, 3.8) is 0 Å². The lowest BCUT2D eigenvalue weighted by atomic mass is 9.72. The fourth-order valence-corrected chi connectivity index (χ4v) is 6.31. The van der Waals surface area contributed by atoms with Crippen LogP contribution in [0.2, 0.25) is 0 Å². The first-order chi connectivity index (χ1) is 18.6. The molecule has 2 aliphatic rings. The Morgan fingerprint density at radius 2 is 1.65 bits per heavy atom. The molecule has 2 heterocycles. The van der Waals surface area contributed by atoms with Crippen molar-refractivity contribution in [2.24, 2.45) is 11.8 Å². The van der Waals surface area contributed by atoms with Crippen molar-refractivity contribution in [3.8, 4) is 17.0 Å². The standard InChI is InChI=1S/C26H20F6N2O5S/c27-25(28,29)17-3-1-4-18(12-17)40(37,38)34-13-22(15-9-16(10-15)24(35)36)39-21-8-7-14(11-20(21)34)19-5-2-6-23(33-19)26(30,31)32/h1-8,11-12,15-16,22H,9-10,13H2,(H,35,36)/t15-,16-,22-/m1/s1. The molecule has 0 spiro atoms. The van der Waals surface area contributed by atoms with Crippen LogP contribution in [-0.2, 0) is 27.2 Å². The van der Waals surface area contributed by atoms with Crippen LogP contribution in [0.25, 0.3) is 11.3 Å². The summed E-state index contributed by atoms with van der Waals surface area (Å²) in [5.74, 6) is -1.93. The van der Waals surface area contributed by atoms with Gasteiger partial charge >= 0.3 is 18.3 Å². The van der Waals surface area contributed by atoms with Crippen LogP contribution in [-0.4, -0.2) is 37.1 Å². The van der Waals surface area contributed by atoms with Crippen LogP contribution in [0.3, 0.4) is 0 Å². The lowest BCUT2D eigenvalue weighted by Crippen LogP contribution is -2.50. The summed E-state index contributed by atoms with van der Waals surface area (Å²) >= 11 is 0. The van der Waals surface area contributed by atoms with Gasteiger partial charge in [-0.15, -0.1) is 0 Å². The number of aromatic nitrogens is 1. The van der Waals surface area contributed by atoms with E-state index in [1.54, 1.807) is 0 Å². The Kier molecular flexibility index (Phi) is 6.71. The van der Waals surface area contributed by atoms with Gasteiger partial charge in [0.15, 0.2) is 0 Å². The monoisotopic (exact) mass is 586 g/mol. The third-order valence-electron chi connectivity index (χ3n) is 6.99. The molecule has 0 radical (unpaired) electrons. The van der Waals surface area contributed by atoms with Crippen molar-refractivity contribution in [1.29, 1.82) is 0 Å². The maximum absolute atomic E-state index is 13.8. The number of alkyl halides is 6. The second kappa shape index (κ2) is 9.68. The van der Waals surface area contributed by atoms with Crippen molar-refractivity contribution in [3.05, 3.63) is 71.9 Å². The number of hydrogen-bond acceptors (Lipinski definition) is 5.